The van der Waals surface area contributed by atoms with Crippen molar-refractivity contribution in [2.45, 2.75) is 6.23 Å². The molecule has 1 unspecified atom stereocenters. The lowest BCUT2D eigenvalue weighted by Gasteiger charge is -2.07. The molecule has 0 N–H and O–H groups in total. The molecule has 1 aromatic heterocycles. The van der Waals surface area contributed by atoms with Gasteiger partial charge in [0.15, 0.2) is 0 Å². The fourth-order valence-electron chi connectivity index (χ4n) is 0.934. The summed E-state index contributed by atoms with van der Waals surface area (Å²) in [6, 6.07) is 3.56. The van der Waals surface area contributed by atoms with Gasteiger partial charge in [-0.25, -0.2) is 0 Å². The highest BCUT2D eigenvalue weighted by molar-refractivity contribution is 5.29. The van der Waals surface area contributed by atoms with Crippen molar-refractivity contribution in [3.63, 3.8) is 0 Å². The minimum atomic E-state index is -0.339. The molecule has 0 saturated heterocycles. The third kappa shape index (κ3) is 2.26. The van der Waals surface area contributed by atoms with Crippen LogP contribution in [0.25, 0.3) is 0 Å². The average Bonchev–Trinajstić information content (AvgIpc) is 2.29. The van der Waals surface area contributed by atoms with Gasteiger partial charge in [0.25, 0.3) is 0 Å². The first-order valence-corrected chi connectivity index (χ1v) is 4.17. The fraction of sp³-hybridized carbons (Fsp3) is 0.100. The lowest BCUT2D eigenvalue weighted by molar-refractivity contribution is 0.185. The summed E-state index contributed by atoms with van der Waals surface area (Å²) in [4.78, 5) is 3.80. The summed E-state index contributed by atoms with van der Waals surface area (Å²) in [5.74, 6) is 0. The summed E-state index contributed by atoms with van der Waals surface area (Å²) in [7, 11) is 0. The molecular formula is C10H8N3O. The van der Waals surface area contributed by atoms with Crippen LogP contribution < -0.4 is 0 Å². The van der Waals surface area contributed by atoms with Gasteiger partial charge in [-0.15, -0.1) is 10.2 Å². The Morgan fingerprint density at radius 3 is 3.14 bits per heavy atom. The summed E-state index contributed by atoms with van der Waals surface area (Å²) >= 11 is 0. The van der Waals surface area contributed by atoms with Crippen LogP contribution >= 0.6 is 0 Å². The number of rotatable bonds is 2. The van der Waals surface area contributed by atoms with Crippen molar-refractivity contribution in [2.75, 3.05) is 0 Å². The second-order valence-corrected chi connectivity index (χ2v) is 2.59. The van der Waals surface area contributed by atoms with Gasteiger partial charge in [-0.3, -0.25) is 4.98 Å². The molecule has 0 fully saturated rings. The number of hydrogen-bond donors (Lipinski definition) is 0. The summed E-state index contributed by atoms with van der Waals surface area (Å²) in [6.45, 7) is 0. The molecule has 0 aromatic carbocycles. The number of hydrogen-bond acceptors (Lipinski definition) is 4. The molecule has 0 aliphatic carbocycles. The second-order valence-electron chi connectivity index (χ2n) is 2.59. The summed E-state index contributed by atoms with van der Waals surface area (Å²) in [5, 5.41) is 7.87. The molecule has 1 aliphatic rings. The first kappa shape index (κ1) is 8.62. The quantitative estimate of drug-likeness (QED) is 0.666. The van der Waals surface area contributed by atoms with E-state index in [4.69, 9.17) is 4.74 Å². The number of ether oxygens (including phenoxy) is 1. The van der Waals surface area contributed by atoms with E-state index in [9.17, 15) is 0 Å². The first-order valence-electron chi connectivity index (χ1n) is 4.17. The number of aromatic nitrogens is 1. The maximum Gasteiger partial charge on any atom is 0.227 e. The molecule has 69 valence electrons. The van der Waals surface area contributed by atoms with Gasteiger partial charge in [0, 0.05) is 6.20 Å². The van der Waals surface area contributed by atoms with E-state index in [-0.39, 0.29) is 6.23 Å². The number of allylic oxidation sites excluding steroid dienone is 2. The molecule has 1 aliphatic heterocycles. The Bertz CT molecular complexity index is 370. The van der Waals surface area contributed by atoms with Gasteiger partial charge in [-0.2, -0.15) is 0 Å². The summed E-state index contributed by atoms with van der Waals surface area (Å²) in [5.41, 5.74) is 0.596. The molecule has 0 saturated carbocycles. The normalized spacial score (nSPS) is 19.9. The predicted octanol–water partition coefficient (Wildman–Crippen LogP) is 2.39. The maximum atomic E-state index is 5.14. The van der Waals surface area contributed by atoms with Crippen LogP contribution in [0.3, 0.4) is 0 Å². The largest absolute Gasteiger partial charge is 0.471 e. The van der Waals surface area contributed by atoms with E-state index >= 15 is 0 Å². The van der Waals surface area contributed by atoms with E-state index in [1.165, 1.54) is 0 Å². The van der Waals surface area contributed by atoms with Crippen LogP contribution in [0.1, 0.15) is 0 Å². The second kappa shape index (κ2) is 4.32. The van der Waals surface area contributed by atoms with Gasteiger partial charge in [-0.05, 0) is 24.3 Å². The first-order chi connectivity index (χ1) is 6.95. The molecule has 1 aromatic rings. The molecule has 0 amide bonds. The average molecular weight is 186 g/mol. The highest BCUT2D eigenvalue weighted by atomic mass is 16.5. The van der Waals surface area contributed by atoms with Crippen molar-refractivity contribution >= 4 is 5.69 Å². The topological polar surface area (TPSA) is 46.8 Å². The highest BCUT2D eigenvalue weighted by Crippen LogP contribution is 2.11. The molecule has 4 heteroatoms. The van der Waals surface area contributed by atoms with Crippen LogP contribution in [0.15, 0.2) is 53.0 Å². The minimum Gasteiger partial charge on any atom is -0.471 e. The Labute approximate surface area is 81.7 Å². The molecule has 1 atom stereocenters. The molecule has 2 heterocycles. The third-order valence-corrected chi connectivity index (χ3v) is 1.56. The molecule has 1 radical (unpaired) electrons. The number of pyridine rings is 1. The molecule has 0 bridgehead atoms. The zero-order valence-corrected chi connectivity index (χ0v) is 7.37. The fourth-order valence-corrected chi connectivity index (χ4v) is 0.934. The van der Waals surface area contributed by atoms with Crippen molar-refractivity contribution in [3.05, 3.63) is 49.0 Å². The smallest absolute Gasteiger partial charge is 0.227 e. The molecule has 2 rings (SSSR count). The van der Waals surface area contributed by atoms with Crippen molar-refractivity contribution < 1.29 is 4.74 Å². The Balaban J connectivity index is 2.01. The van der Waals surface area contributed by atoms with E-state index in [0.29, 0.717) is 5.69 Å². The number of nitrogens with zero attached hydrogens (tertiary/aromatic N) is 3. The Morgan fingerprint density at radius 2 is 2.43 bits per heavy atom. The third-order valence-electron chi connectivity index (χ3n) is 1.56. The van der Waals surface area contributed by atoms with Crippen LogP contribution in [0.5, 0.6) is 0 Å². The standard InChI is InChI=1S/C10H8N3O/c1-2-7-14-10(5-1)13-12-9-4-3-6-11-8-9/h1-7,10H. The van der Waals surface area contributed by atoms with Gasteiger partial charge in [-0.1, -0.05) is 6.08 Å². The summed E-state index contributed by atoms with van der Waals surface area (Å²) in [6.07, 6.45) is 11.0. The molecular weight excluding hydrogens is 178 g/mol. The maximum absolute atomic E-state index is 5.14. The van der Waals surface area contributed by atoms with Crippen LogP contribution in [-0.4, -0.2) is 11.2 Å². The van der Waals surface area contributed by atoms with Crippen molar-refractivity contribution in [1.82, 2.24) is 4.98 Å². The van der Waals surface area contributed by atoms with Gasteiger partial charge in [0.2, 0.25) is 6.23 Å². The van der Waals surface area contributed by atoms with Crippen LogP contribution in [0.2, 0.25) is 0 Å². The number of azo groups is 1. The van der Waals surface area contributed by atoms with E-state index in [2.05, 4.69) is 21.4 Å². The van der Waals surface area contributed by atoms with E-state index < -0.39 is 0 Å². The molecule has 14 heavy (non-hydrogen) atoms. The van der Waals surface area contributed by atoms with E-state index in [1.807, 2.05) is 6.08 Å². The van der Waals surface area contributed by atoms with Crippen LogP contribution in [0, 0.1) is 6.20 Å². The van der Waals surface area contributed by atoms with Gasteiger partial charge in [0.1, 0.15) is 11.9 Å². The highest BCUT2D eigenvalue weighted by Gasteiger charge is 2.01. The van der Waals surface area contributed by atoms with Crippen molar-refractivity contribution in [3.8, 4) is 0 Å². The Hall–Kier alpha value is -1.97. The van der Waals surface area contributed by atoms with Crippen molar-refractivity contribution in [2.24, 2.45) is 10.2 Å². The summed E-state index contributed by atoms with van der Waals surface area (Å²) < 4.78 is 5.14. The van der Waals surface area contributed by atoms with Gasteiger partial charge in [0.05, 0.1) is 6.26 Å². The molecule has 4 nitrogen and oxygen atoms in total. The lowest BCUT2D eigenvalue weighted by atomic mass is 10.4. The van der Waals surface area contributed by atoms with Crippen molar-refractivity contribution in [1.29, 1.82) is 0 Å². The Morgan fingerprint density at radius 1 is 1.43 bits per heavy atom. The monoisotopic (exact) mass is 186 g/mol. The zero-order valence-electron chi connectivity index (χ0n) is 7.37. The van der Waals surface area contributed by atoms with Crippen LogP contribution in [-0.2, 0) is 4.74 Å². The SMILES string of the molecule is [c]1ncccc1N=NC1C=CC=CO1. The zero-order chi connectivity index (χ0) is 9.64. The van der Waals surface area contributed by atoms with E-state index in [1.54, 1.807) is 36.7 Å². The molecule has 0 spiro atoms. The van der Waals surface area contributed by atoms with Crippen LogP contribution in [0.4, 0.5) is 5.69 Å². The Kier molecular flexibility index (Phi) is 2.66. The van der Waals surface area contributed by atoms with Gasteiger partial charge < -0.3 is 4.74 Å². The predicted molar refractivity (Wildman–Crippen MR) is 50.7 cm³/mol. The minimum absolute atomic E-state index is 0.339. The van der Waals surface area contributed by atoms with E-state index in [0.717, 1.165) is 0 Å². The lowest BCUT2D eigenvalue weighted by Crippen LogP contribution is -2.02. The van der Waals surface area contributed by atoms with Gasteiger partial charge >= 0.3 is 0 Å².